The predicted octanol–water partition coefficient (Wildman–Crippen LogP) is 7.02. The monoisotopic (exact) mass is 331 g/mol. The molecular weight excluding hydrogens is 302 g/mol. The molecule has 1 nitrogen and oxygen atoms in total. The molecule has 0 spiro atoms. The highest BCUT2D eigenvalue weighted by Crippen LogP contribution is 2.46. The molecule has 1 N–H and O–H groups in total. The average molecular weight is 332 g/mol. The molecule has 0 aliphatic heterocycles. The number of hydrogen-bond acceptors (Lipinski definition) is 1. The van der Waals surface area contributed by atoms with Crippen LogP contribution >= 0.6 is 0 Å². The van der Waals surface area contributed by atoms with Gasteiger partial charge in [-0.1, -0.05) is 68.3 Å². The fraction of sp³-hybridized carbons (Fsp3) is 0.375. The van der Waals surface area contributed by atoms with Crippen molar-refractivity contribution in [3.63, 3.8) is 0 Å². The summed E-state index contributed by atoms with van der Waals surface area (Å²) in [6.45, 7) is 15.4. The second kappa shape index (κ2) is 5.98. The molecule has 2 aromatic carbocycles. The number of benzene rings is 2. The summed E-state index contributed by atoms with van der Waals surface area (Å²) >= 11 is 0. The molecule has 1 aliphatic carbocycles. The van der Waals surface area contributed by atoms with E-state index < -0.39 is 0 Å². The predicted molar refractivity (Wildman–Crippen MR) is 110 cm³/mol. The second-order valence-corrected chi connectivity index (χ2v) is 8.42. The normalized spacial score (nSPS) is 16.3. The Kier molecular flexibility index (Phi) is 4.23. The van der Waals surface area contributed by atoms with E-state index in [1.807, 2.05) is 0 Å². The fourth-order valence-electron chi connectivity index (χ4n) is 4.00. The highest BCUT2D eigenvalue weighted by atomic mass is 14.5. The summed E-state index contributed by atoms with van der Waals surface area (Å²) in [5, 5.41) is 11.4. The van der Waals surface area contributed by atoms with Crippen molar-refractivity contribution in [3.8, 4) is 0 Å². The maximum absolute atomic E-state index is 8.97. The maximum Gasteiger partial charge on any atom is 0.0448 e. The van der Waals surface area contributed by atoms with Crippen LogP contribution in [0.2, 0.25) is 0 Å². The van der Waals surface area contributed by atoms with E-state index in [-0.39, 0.29) is 5.41 Å². The van der Waals surface area contributed by atoms with Gasteiger partial charge in [0.05, 0.1) is 0 Å². The molecule has 1 heteroatoms. The van der Waals surface area contributed by atoms with Crippen LogP contribution in [-0.4, -0.2) is 5.71 Å². The Bertz CT molecular complexity index is 908. The molecular formula is C24H29N. The summed E-state index contributed by atoms with van der Waals surface area (Å²) in [7, 11) is 0. The fourth-order valence-corrected chi connectivity index (χ4v) is 4.00. The highest BCUT2D eigenvalue weighted by molar-refractivity contribution is 6.13. The van der Waals surface area contributed by atoms with Crippen molar-refractivity contribution in [2.24, 2.45) is 5.41 Å². The molecule has 0 fully saturated rings. The van der Waals surface area contributed by atoms with Crippen molar-refractivity contribution in [1.82, 2.24) is 0 Å². The number of rotatable bonds is 2. The smallest absolute Gasteiger partial charge is 0.0448 e. The van der Waals surface area contributed by atoms with E-state index in [2.05, 4.69) is 84.9 Å². The van der Waals surface area contributed by atoms with E-state index in [4.69, 9.17) is 5.41 Å². The molecule has 0 aromatic heterocycles. The summed E-state index contributed by atoms with van der Waals surface area (Å²) < 4.78 is 0. The van der Waals surface area contributed by atoms with Gasteiger partial charge in [0.15, 0.2) is 0 Å². The van der Waals surface area contributed by atoms with Gasteiger partial charge >= 0.3 is 0 Å². The van der Waals surface area contributed by atoms with Gasteiger partial charge in [0.25, 0.3) is 0 Å². The molecule has 0 atom stereocenters. The van der Waals surface area contributed by atoms with Crippen molar-refractivity contribution in [2.75, 3.05) is 0 Å². The Balaban J connectivity index is 2.36. The first-order chi connectivity index (χ1) is 11.6. The lowest BCUT2D eigenvalue weighted by molar-refractivity contribution is 0.588. The lowest BCUT2D eigenvalue weighted by Crippen LogP contribution is -2.23. The number of hydrogen-bond donors (Lipinski definition) is 1. The third-order valence-electron chi connectivity index (χ3n) is 5.88. The molecule has 2 aromatic rings. The van der Waals surface area contributed by atoms with Gasteiger partial charge in [0.1, 0.15) is 0 Å². The van der Waals surface area contributed by atoms with Crippen LogP contribution in [0.25, 0.3) is 10.8 Å². The SMILES string of the molecule is CC1=C(C)C(c2ccc3ccccc3c2C(=N)C(C)(C)C)C(C)=C1C. The first kappa shape index (κ1) is 17.7. The Hall–Kier alpha value is -2.15. The minimum Gasteiger partial charge on any atom is -0.304 e. The summed E-state index contributed by atoms with van der Waals surface area (Å²) in [5.74, 6) is 0.294. The molecule has 0 bridgehead atoms. The molecule has 0 heterocycles. The second-order valence-electron chi connectivity index (χ2n) is 8.42. The molecule has 3 rings (SSSR count). The van der Waals surface area contributed by atoms with E-state index in [0.717, 1.165) is 11.3 Å². The number of fused-ring (bicyclic) bond motifs is 1. The first-order valence-electron chi connectivity index (χ1n) is 9.10. The van der Waals surface area contributed by atoms with E-state index in [9.17, 15) is 0 Å². The van der Waals surface area contributed by atoms with Crippen LogP contribution in [0, 0.1) is 10.8 Å². The van der Waals surface area contributed by atoms with E-state index in [1.54, 1.807) is 0 Å². The van der Waals surface area contributed by atoms with Crippen LogP contribution in [0.5, 0.6) is 0 Å². The largest absolute Gasteiger partial charge is 0.304 e. The van der Waals surface area contributed by atoms with E-state index in [1.165, 1.54) is 38.6 Å². The Morgan fingerprint density at radius 3 is 1.96 bits per heavy atom. The molecule has 0 saturated heterocycles. The van der Waals surface area contributed by atoms with Crippen molar-refractivity contribution in [1.29, 1.82) is 5.41 Å². The molecule has 1 aliphatic rings. The van der Waals surface area contributed by atoms with Crippen molar-refractivity contribution in [2.45, 2.75) is 54.4 Å². The van der Waals surface area contributed by atoms with Gasteiger partial charge in [0.2, 0.25) is 0 Å². The van der Waals surface area contributed by atoms with Crippen LogP contribution in [0.15, 0.2) is 58.7 Å². The zero-order valence-corrected chi connectivity index (χ0v) is 16.5. The van der Waals surface area contributed by atoms with Gasteiger partial charge in [-0.2, -0.15) is 0 Å². The first-order valence-corrected chi connectivity index (χ1v) is 9.10. The highest BCUT2D eigenvalue weighted by Gasteiger charge is 2.31. The van der Waals surface area contributed by atoms with Gasteiger partial charge in [-0.3, -0.25) is 0 Å². The van der Waals surface area contributed by atoms with Gasteiger partial charge in [-0.25, -0.2) is 0 Å². The zero-order valence-electron chi connectivity index (χ0n) is 16.5. The van der Waals surface area contributed by atoms with Crippen LogP contribution in [0.3, 0.4) is 0 Å². The van der Waals surface area contributed by atoms with Crippen molar-refractivity contribution in [3.05, 3.63) is 69.8 Å². The van der Waals surface area contributed by atoms with E-state index >= 15 is 0 Å². The quantitative estimate of drug-likeness (QED) is 0.571. The lowest BCUT2D eigenvalue weighted by Gasteiger charge is -2.27. The lowest BCUT2D eigenvalue weighted by atomic mass is 9.77. The van der Waals surface area contributed by atoms with E-state index in [0.29, 0.717) is 5.92 Å². The Morgan fingerprint density at radius 1 is 0.840 bits per heavy atom. The van der Waals surface area contributed by atoms with Crippen LogP contribution < -0.4 is 0 Å². The summed E-state index contributed by atoms with van der Waals surface area (Å²) in [4.78, 5) is 0. The van der Waals surface area contributed by atoms with Gasteiger partial charge in [-0.05, 0) is 55.2 Å². The molecule has 0 amide bonds. The average Bonchev–Trinajstić information content (AvgIpc) is 2.76. The summed E-state index contributed by atoms with van der Waals surface area (Å²) in [6.07, 6.45) is 0. The van der Waals surface area contributed by atoms with Crippen molar-refractivity contribution < 1.29 is 0 Å². The van der Waals surface area contributed by atoms with Gasteiger partial charge in [-0.15, -0.1) is 0 Å². The Morgan fingerprint density at radius 2 is 1.40 bits per heavy atom. The number of nitrogens with one attached hydrogen (secondary N) is 1. The number of allylic oxidation sites excluding steroid dienone is 4. The zero-order chi connectivity index (χ0) is 18.5. The third-order valence-corrected chi connectivity index (χ3v) is 5.88. The Labute approximate surface area is 152 Å². The summed E-state index contributed by atoms with van der Waals surface area (Å²) in [5.41, 5.74) is 8.61. The van der Waals surface area contributed by atoms with Crippen LogP contribution in [0.4, 0.5) is 0 Å². The molecule has 0 radical (unpaired) electrons. The van der Waals surface area contributed by atoms with Gasteiger partial charge in [0, 0.05) is 22.6 Å². The standard InChI is InChI=1S/C24H29N/c1-14-15(2)17(4)21(16(14)3)20-13-12-18-10-8-9-11-19(18)22(20)23(25)24(5,6)7/h8-13,21,25H,1-7H3. The molecule has 130 valence electrons. The minimum absolute atomic E-state index is 0.184. The third kappa shape index (κ3) is 2.76. The molecule has 0 unspecified atom stereocenters. The van der Waals surface area contributed by atoms with Crippen LogP contribution in [0.1, 0.15) is 65.5 Å². The topological polar surface area (TPSA) is 23.9 Å². The minimum atomic E-state index is -0.184. The van der Waals surface area contributed by atoms with Crippen LogP contribution in [-0.2, 0) is 0 Å². The van der Waals surface area contributed by atoms with Gasteiger partial charge < -0.3 is 5.41 Å². The maximum atomic E-state index is 8.97. The molecule has 25 heavy (non-hydrogen) atoms. The molecule has 0 saturated carbocycles. The summed E-state index contributed by atoms with van der Waals surface area (Å²) in [6, 6.07) is 12.9. The van der Waals surface area contributed by atoms with Crippen molar-refractivity contribution >= 4 is 16.5 Å².